The van der Waals surface area contributed by atoms with Crippen LogP contribution in [0, 0.1) is 5.82 Å². The van der Waals surface area contributed by atoms with E-state index in [0.717, 1.165) is 0 Å². The molecule has 1 N–H and O–H groups in total. The van der Waals surface area contributed by atoms with Crippen molar-refractivity contribution in [1.29, 1.82) is 0 Å². The molecule has 100 valence electrons. The van der Waals surface area contributed by atoms with E-state index in [4.69, 9.17) is 9.84 Å². The van der Waals surface area contributed by atoms with Crippen LogP contribution in [0.25, 0.3) is 5.69 Å². The molecule has 0 spiro atoms. The predicted octanol–water partition coefficient (Wildman–Crippen LogP) is 2.04. The highest BCUT2D eigenvalue weighted by atomic mass is 19.1. The lowest BCUT2D eigenvalue weighted by Crippen LogP contribution is -2.02. The van der Waals surface area contributed by atoms with E-state index in [9.17, 15) is 9.18 Å². The van der Waals surface area contributed by atoms with Gasteiger partial charge in [-0.2, -0.15) is 5.10 Å². The molecular weight excluding hydrogens is 251 g/mol. The number of halogens is 1. The Morgan fingerprint density at radius 2 is 2.32 bits per heavy atom. The number of aliphatic carboxylic acids is 1. The van der Waals surface area contributed by atoms with Crippen LogP contribution >= 0.6 is 0 Å². The molecule has 0 aliphatic heterocycles. The van der Waals surface area contributed by atoms with Crippen molar-refractivity contribution < 1.29 is 19.0 Å². The Balaban J connectivity index is 2.34. The first-order chi connectivity index (χ1) is 9.11. The van der Waals surface area contributed by atoms with Gasteiger partial charge in [-0.15, -0.1) is 0 Å². The van der Waals surface area contributed by atoms with Crippen molar-refractivity contribution >= 4 is 5.97 Å². The van der Waals surface area contributed by atoms with E-state index in [1.54, 1.807) is 12.1 Å². The molecule has 0 aliphatic carbocycles. The molecule has 5 nitrogen and oxygen atoms in total. The molecule has 6 heteroatoms. The van der Waals surface area contributed by atoms with Gasteiger partial charge in [0, 0.05) is 12.0 Å². The van der Waals surface area contributed by atoms with E-state index in [2.05, 4.69) is 5.10 Å². The Labute approximate surface area is 109 Å². The van der Waals surface area contributed by atoms with Crippen molar-refractivity contribution in [3.63, 3.8) is 0 Å². The highest BCUT2D eigenvalue weighted by molar-refractivity contribution is 5.67. The van der Waals surface area contributed by atoms with Crippen molar-refractivity contribution in [1.82, 2.24) is 9.78 Å². The van der Waals surface area contributed by atoms with E-state index < -0.39 is 5.97 Å². The molecule has 0 aliphatic rings. The van der Waals surface area contributed by atoms with Gasteiger partial charge in [-0.05, 0) is 24.6 Å². The summed E-state index contributed by atoms with van der Waals surface area (Å²) in [6.07, 6.45) is 1.84. The molecule has 0 radical (unpaired) electrons. The molecule has 1 aromatic carbocycles. The fraction of sp³-hybridized carbons (Fsp3) is 0.231. The monoisotopic (exact) mass is 264 g/mol. The molecule has 0 bridgehead atoms. The third-order valence-electron chi connectivity index (χ3n) is 2.65. The summed E-state index contributed by atoms with van der Waals surface area (Å²) >= 11 is 0. The highest BCUT2D eigenvalue weighted by Crippen LogP contribution is 2.23. The first kappa shape index (κ1) is 13.1. The Morgan fingerprint density at radius 3 is 2.95 bits per heavy atom. The Kier molecular flexibility index (Phi) is 3.79. The highest BCUT2D eigenvalue weighted by Gasteiger charge is 2.14. The summed E-state index contributed by atoms with van der Waals surface area (Å²) in [6.45, 7) is 0. The number of hydrogen-bond acceptors (Lipinski definition) is 3. The fourth-order valence-corrected chi connectivity index (χ4v) is 1.79. The van der Waals surface area contributed by atoms with Crippen LogP contribution in [0.2, 0.25) is 0 Å². The number of hydrogen-bond donors (Lipinski definition) is 1. The molecule has 0 fully saturated rings. The van der Waals surface area contributed by atoms with Gasteiger partial charge < -0.3 is 9.84 Å². The van der Waals surface area contributed by atoms with Gasteiger partial charge in [0.15, 0.2) is 0 Å². The largest absolute Gasteiger partial charge is 0.481 e. The summed E-state index contributed by atoms with van der Waals surface area (Å²) in [7, 11) is 1.47. The Hall–Kier alpha value is -2.37. The van der Waals surface area contributed by atoms with Crippen molar-refractivity contribution in [2.24, 2.45) is 0 Å². The number of methoxy groups -OCH3 is 1. The maximum atomic E-state index is 13.2. The van der Waals surface area contributed by atoms with Gasteiger partial charge in [-0.3, -0.25) is 4.79 Å². The molecular formula is C13H13FN2O3. The maximum absolute atomic E-state index is 13.2. The van der Waals surface area contributed by atoms with E-state index in [-0.39, 0.29) is 12.2 Å². The summed E-state index contributed by atoms with van der Waals surface area (Å²) in [5.74, 6) is -0.838. The Bertz CT molecular complexity index is 595. The molecule has 0 amide bonds. The minimum absolute atomic E-state index is 0.00873. The van der Waals surface area contributed by atoms with Gasteiger partial charge in [-0.25, -0.2) is 9.07 Å². The van der Waals surface area contributed by atoms with Crippen LogP contribution < -0.4 is 4.74 Å². The molecule has 0 saturated heterocycles. The van der Waals surface area contributed by atoms with E-state index in [0.29, 0.717) is 23.6 Å². The van der Waals surface area contributed by atoms with Gasteiger partial charge in [0.1, 0.15) is 5.82 Å². The molecule has 1 heterocycles. The molecule has 2 aromatic rings. The molecule has 0 atom stereocenters. The van der Waals surface area contributed by atoms with Crippen LogP contribution in [0.4, 0.5) is 4.39 Å². The number of nitrogens with zero attached hydrogens (tertiary/aromatic N) is 2. The first-order valence-electron chi connectivity index (χ1n) is 5.70. The van der Waals surface area contributed by atoms with Crippen LogP contribution in [0.3, 0.4) is 0 Å². The normalized spacial score (nSPS) is 10.4. The van der Waals surface area contributed by atoms with Gasteiger partial charge in [-0.1, -0.05) is 6.07 Å². The van der Waals surface area contributed by atoms with E-state index >= 15 is 0 Å². The predicted molar refractivity (Wildman–Crippen MR) is 66.0 cm³/mol. The standard InChI is InChI=1S/C13H13FN2O3/c1-19-13-9(5-6-12(17)18)8-15-16(13)11-4-2-3-10(14)7-11/h2-4,7-8H,5-6H2,1H3,(H,17,18). The zero-order valence-corrected chi connectivity index (χ0v) is 10.3. The number of carbonyl (C=O) groups is 1. The second kappa shape index (κ2) is 5.51. The molecule has 19 heavy (non-hydrogen) atoms. The quantitative estimate of drug-likeness (QED) is 0.897. The lowest BCUT2D eigenvalue weighted by Gasteiger charge is -2.07. The second-order valence-electron chi connectivity index (χ2n) is 3.96. The SMILES string of the molecule is COc1c(CCC(=O)O)cnn1-c1cccc(F)c1. The zero-order valence-electron chi connectivity index (χ0n) is 10.3. The zero-order chi connectivity index (χ0) is 13.8. The fourth-order valence-electron chi connectivity index (χ4n) is 1.79. The third kappa shape index (κ3) is 2.90. The van der Waals surface area contributed by atoms with Crippen LogP contribution in [0.5, 0.6) is 5.88 Å². The van der Waals surface area contributed by atoms with Crippen LogP contribution in [0.15, 0.2) is 30.5 Å². The minimum atomic E-state index is -0.888. The van der Waals surface area contributed by atoms with Gasteiger partial charge >= 0.3 is 5.97 Å². The lowest BCUT2D eigenvalue weighted by atomic mass is 10.2. The van der Waals surface area contributed by atoms with Crippen molar-refractivity contribution in [2.75, 3.05) is 7.11 Å². The lowest BCUT2D eigenvalue weighted by molar-refractivity contribution is -0.136. The van der Waals surface area contributed by atoms with Gasteiger partial charge in [0.25, 0.3) is 0 Å². The average molecular weight is 264 g/mol. The number of carboxylic acid groups (broad SMARTS) is 1. The molecule has 2 rings (SSSR count). The van der Waals surface area contributed by atoms with Crippen molar-refractivity contribution in [3.8, 4) is 11.6 Å². The minimum Gasteiger partial charge on any atom is -0.481 e. The summed E-state index contributed by atoms with van der Waals surface area (Å²) < 4.78 is 19.9. The number of benzene rings is 1. The Morgan fingerprint density at radius 1 is 1.53 bits per heavy atom. The topological polar surface area (TPSA) is 64.3 Å². The van der Waals surface area contributed by atoms with Crippen molar-refractivity contribution in [2.45, 2.75) is 12.8 Å². The number of rotatable bonds is 5. The van der Waals surface area contributed by atoms with E-state index in [1.807, 2.05) is 0 Å². The molecule has 1 aromatic heterocycles. The average Bonchev–Trinajstić information content (AvgIpc) is 2.79. The van der Waals surface area contributed by atoms with Crippen molar-refractivity contribution in [3.05, 3.63) is 41.8 Å². The summed E-state index contributed by atoms with van der Waals surface area (Å²) in [5, 5.41) is 12.8. The summed E-state index contributed by atoms with van der Waals surface area (Å²) in [4.78, 5) is 10.6. The van der Waals surface area contributed by atoms with Crippen LogP contribution in [0.1, 0.15) is 12.0 Å². The second-order valence-corrected chi connectivity index (χ2v) is 3.96. The third-order valence-corrected chi connectivity index (χ3v) is 2.65. The summed E-state index contributed by atoms with van der Waals surface area (Å²) in [5.41, 5.74) is 1.20. The smallest absolute Gasteiger partial charge is 0.303 e. The molecule has 0 unspecified atom stereocenters. The van der Waals surface area contributed by atoms with Gasteiger partial charge in [0.2, 0.25) is 5.88 Å². The van der Waals surface area contributed by atoms with E-state index in [1.165, 1.54) is 30.1 Å². The molecule has 0 saturated carbocycles. The van der Waals surface area contributed by atoms with Crippen LogP contribution in [-0.4, -0.2) is 28.0 Å². The number of ether oxygens (including phenoxy) is 1. The van der Waals surface area contributed by atoms with Gasteiger partial charge in [0.05, 0.1) is 19.0 Å². The van der Waals surface area contributed by atoms with Crippen LogP contribution in [-0.2, 0) is 11.2 Å². The first-order valence-corrected chi connectivity index (χ1v) is 5.70. The maximum Gasteiger partial charge on any atom is 0.303 e. The summed E-state index contributed by atoms with van der Waals surface area (Å²) in [6, 6.07) is 5.93. The number of aromatic nitrogens is 2. The number of aryl methyl sites for hydroxylation is 1. The number of carboxylic acids is 1.